The zero-order valence-electron chi connectivity index (χ0n) is 21.3. The van der Waals surface area contributed by atoms with Gasteiger partial charge < -0.3 is 29.5 Å². The molecule has 4 rings (SSSR count). The SMILES string of the molecule is CCN(CC)CCc1cccc2c(OCC3=C(C(=O)[O-])N4C(=O)[C@H]([C@@H](C)O)[C@H]4[C@H]3C)cccc12.[Na+]. The van der Waals surface area contributed by atoms with Gasteiger partial charge in [0.15, 0.2) is 0 Å². The normalized spacial score (nSPS) is 22.2. The maximum atomic E-state index is 12.5. The molecule has 1 amide bonds. The molecule has 182 valence electrons. The molecule has 0 aromatic heterocycles. The summed E-state index contributed by atoms with van der Waals surface area (Å²) in [7, 11) is 0. The molecule has 0 aliphatic carbocycles. The average molecular weight is 489 g/mol. The van der Waals surface area contributed by atoms with Crippen molar-refractivity contribution in [3.05, 3.63) is 53.2 Å². The van der Waals surface area contributed by atoms with Crippen molar-refractivity contribution in [1.29, 1.82) is 0 Å². The summed E-state index contributed by atoms with van der Waals surface area (Å²) in [6, 6.07) is 11.7. The second-order valence-electron chi connectivity index (χ2n) is 9.25. The van der Waals surface area contributed by atoms with E-state index in [1.807, 2.05) is 31.2 Å². The molecule has 0 saturated carbocycles. The molecule has 0 unspecified atom stereocenters. The number of ether oxygens (including phenoxy) is 1. The summed E-state index contributed by atoms with van der Waals surface area (Å²) in [5, 5.41) is 24.0. The van der Waals surface area contributed by atoms with Crippen molar-refractivity contribution in [3.8, 4) is 5.75 Å². The minimum Gasteiger partial charge on any atom is -0.543 e. The van der Waals surface area contributed by atoms with Crippen LogP contribution in [-0.4, -0.2) is 65.2 Å². The number of amides is 1. The van der Waals surface area contributed by atoms with Gasteiger partial charge in [-0.25, -0.2) is 0 Å². The van der Waals surface area contributed by atoms with E-state index in [-0.39, 0.29) is 59.7 Å². The van der Waals surface area contributed by atoms with Gasteiger partial charge in [-0.2, -0.15) is 0 Å². The molecule has 2 aliphatic heterocycles. The van der Waals surface area contributed by atoms with Crippen LogP contribution in [-0.2, 0) is 16.0 Å². The van der Waals surface area contributed by atoms with E-state index in [1.165, 1.54) is 10.5 Å². The number of carbonyl (C=O) groups is 2. The Hall–Kier alpha value is -1.90. The van der Waals surface area contributed by atoms with Gasteiger partial charge in [0.05, 0.1) is 29.7 Å². The molecule has 0 spiro atoms. The molecule has 1 saturated heterocycles. The van der Waals surface area contributed by atoms with Gasteiger partial charge >= 0.3 is 29.6 Å². The summed E-state index contributed by atoms with van der Waals surface area (Å²) in [4.78, 5) is 28.1. The Morgan fingerprint density at radius 2 is 1.83 bits per heavy atom. The number of aliphatic hydroxyl groups excluding tert-OH is 1. The molecule has 7 nitrogen and oxygen atoms in total. The van der Waals surface area contributed by atoms with E-state index >= 15 is 0 Å². The van der Waals surface area contributed by atoms with E-state index in [2.05, 4.69) is 30.9 Å². The summed E-state index contributed by atoms with van der Waals surface area (Å²) in [6.07, 6.45) is 0.0891. The third-order valence-electron chi connectivity index (χ3n) is 7.46. The van der Waals surface area contributed by atoms with Crippen LogP contribution < -0.4 is 39.4 Å². The number of carboxylic acids is 1. The number of aliphatic carboxylic acids is 1. The standard InChI is InChI=1S/C27H34N2O5.Na/c1-5-28(6-2)14-13-18-9-7-11-20-19(18)10-8-12-22(20)34-15-21-16(3)24-23(17(4)30)26(31)29(24)25(21)27(32)33;/h7-12,16-17,23-24,30H,5-6,13-15H2,1-4H3,(H,32,33);/q;+1/p-1/t16-,17+,23+,24+;/m0./s1. The molecule has 0 bridgehead atoms. The number of carboxylic acid groups (broad SMARTS) is 1. The Morgan fingerprint density at radius 3 is 2.46 bits per heavy atom. The first-order valence-electron chi connectivity index (χ1n) is 12.1. The first-order chi connectivity index (χ1) is 16.3. The predicted octanol–water partition coefficient (Wildman–Crippen LogP) is -1.03. The van der Waals surface area contributed by atoms with Crippen LogP contribution in [0, 0.1) is 11.8 Å². The fourth-order valence-electron chi connectivity index (χ4n) is 5.49. The molecule has 2 aromatic rings. The van der Waals surface area contributed by atoms with Crippen LogP contribution in [0.5, 0.6) is 5.75 Å². The van der Waals surface area contributed by atoms with Crippen LogP contribution in [0.4, 0.5) is 0 Å². The number of rotatable bonds is 10. The van der Waals surface area contributed by atoms with Crippen LogP contribution in [0.3, 0.4) is 0 Å². The molecule has 2 aromatic carbocycles. The smallest absolute Gasteiger partial charge is 0.543 e. The van der Waals surface area contributed by atoms with E-state index in [1.54, 1.807) is 6.92 Å². The Kier molecular flexibility index (Phi) is 9.05. The molecule has 1 fully saturated rings. The number of nitrogens with zero attached hydrogens (tertiary/aromatic N) is 2. The van der Waals surface area contributed by atoms with Gasteiger partial charge in [0.25, 0.3) is 0 Å². The van der Waals surface area contributed by atoms with Crippen LogP contribution >= 0.6 is 0 Å². The quantitative estimate of drug-likeness (QED) is 0.340. The first kappa shape index (κ1) is 27.7. The topological polar surface area (TPSA) is 93.1 Å². The van der Waals surface area contributed by atoms with E-state index in [0.29, 0.717) is 11.3 Å². The number of benzene rings is 2. The molecular formula is C27H33N2NaO5. The number of carbonyl (C=O) groups excluding carboxylic acids is 2. The summed E-state index contributed by atoms with van der Waals surface area (Å²) >= 11 is 0. The number of fused-ring (bicyclic) bond motifs is 2. The number of hydrogen-bond donors (Lipinski definition) is 1. The average Bonchev–Trinajstić information content (AvgIpc) is 3.06. The van der Waals surface area contributed by atoms with Gasteiger partial charge in [0, 0.05) is 17.8 Å². The van der Waals surface area contributed by atoms with Crippen LogP contribution in [0.2, 0.25) is 0 Å². The molecule has 4 atom stereocenters. The Labute approximate surface area is 229 Å². The maximum Gasteiger partial charge on any atom is 1.00 e. The second kappa shape index (κ2) is 11.4. The molecule has 8 heteroatoms. The number of likely N-dealkylation sites (N-methyl/N-ethyl adjacent to an activating group) is 1. The van der Waals surface area contributed by atoms with E-state index < -0.39 is 18.0 Å². The molecular weight excluding hydrogens is 455 g/mol. The largest absolute Gasteiger partial charge is 1.00 e. The zero-order chi connectivity index (χ0) is 24.6. The molecule has 0 radical (unpaired) electrons. The van der Waals surface area contributed by atoms with Gasteiger partial charge in [-0.1, -0.05) is 51.1 Å². The Morgan fingerprint density at radius 1 is 1.17 bits per heavy atom. The Balaban J connectivity index is 0.00000342. The molecule has 1 N–H and O–H groups in total. The van der Waals surface area contributed by atoms with Crippen LogP contribution in [0.1, 0.15) is 33.3 Å². The van der Waals surface area contributed by atoms with Crippen molar-refractivity contribution in [3.63, 3.8) is 0 Å². The van der Waals surface area contributed by atoms with Gasteiger partial charge in [0.1, 0.15) is 12.4 Å². The third kappa shape index (κ3) is 5.02. The minimum atomic E-state index is -1.39. The van der Waals surface area contributed by atoms with Gasteiger partial charge in [-0.05, 0) is 49.0 Å². The molecule has 2 aliphatic rings. The van der Waals surface area contributed by atoms with Crippen molar-refractivity contribution in [1.82, 2.24) is 9.80 Å². The van der Waals surface area contributed by atoms with Crippen LogP contribution in [0.15, 0.2) is 47.7 Å². The second-order valence-corrected chi connectivity index (χ2v) is 9.25. The number of aliphatic hydroxyl groups is 1. The summed E-state index contributed by atoms with van der Waals surface area (Å²) < 4.78 is 6.17. The maximum absolute atomic E-state index is 12.5. The van der Waals surface area contributed by atoms with E-state index in [9.17, 15) is 19.8 Å². The summed E-state index contributed by atoms with van der Waals surface area (Å²) in [6.45, 7) is 10.8. The molecule has 2 heterocycles. The summed E-state index contributed by atoms with van der Waals surface area (Å²) in [5.74, 6) is -1.93. The van der Waals surface area contributed by atoms with Crippen molar-refractivity contribution < 1.29 is 54.1 Å². The minimum absolute atomic E-state index is 0. The number of β-lactam (4-membered cyclic amide) rings is 1. The third-order valence-corrected chi connectivity index (χ3v) is 7.46. The van der Waals surface area contributed by atoms with Crippen molar-refractivity contribution >= 4 is 22.6 Å². The van der Waals surface area contributed by atoms with Gasteiger partial charge in [0.2, 0.25) is 5.91 Å². The predicted molar refractivity (Wildman–Crippen MR) is 128 cm³/mol. The van der Waals surface area contributed by atoms with Crippen LogP contribution in [0.25, 0.3) is 10.8 Å². The Bertz CT molecular complexity index is 1130. The number of hydrogen-bond acceptors (Lipinski definition) is 6. The van der Waals surface area contributed by atoms with E-state index in [0.717, 1.165) is 36.8 Å². The van der Waals surface area contributed by atoms with E-state index in [4.69, 9.17) is 4.74 Å². The van der Waals surface area contributed by atoms with Crippen molar-refractivity contribution in [2.24, 2.45) is 11.8 Å². The zero-order valence-corrected chi connectivity index (χ0v) is 23.3. The van der Waals surface area contributed by atoms with Crippen molar-refractivity contribution in [2.75, 3.05) is 26.2 Å². The molecule has 35 heavy (non-hydrogen) atoms. The first-order valence-corrected chi connectivity index (χ1v) is 12.1. The van der Waals surface area contributed by atoms with Gasteiger partial charge in [-0.3, -0.25) is 4.79 Å². The summed E-state index contributed by atoms with van der Waals surface area (Å²) in [5.41, 5.74) is 1.66. The van der Waals surface area contributed by atoms with Gasteiger partial charge in [-0.15, -0.1) is 0 Å². The fourth-order valence-corrected chi connectivity index (χ4v) is 5.49. The monoisotopic (exact) mass is 488 g/mol. The van der Waals surface area contributed by atoms with Crippen molar-refractivity contribution in [2.45, 2.75) is 46.3 Å². The fraction of sp³-hybridized carbons (Fsp3) is 0.481.